The number of rotatable bonds is 2. The molecule has 12 heavy (non-hydrogen) atoms. The zero-order valence-corrected chi connectivity index (χ0v) is 13.3. The Morgan fingerprint density at radius 1 is 1.42 bits per heavy atom. The molecule has 0 bridgehead atoms. The number of hydrogen-bond donors (Lipinski definition) is 2. The van der Waals surface area contributed by atoms with Crippen molar-refractivity contribution >= 4 is 78.6 Å². The summed E-state index contributed by atoms with van der Waals surface area (Å²) in [4.78, 5) is 9.04. The van der Waals surface area contributed by atoms with Crippen molar-refractivity contribution in [1.29, 1.82) is 0 Å². The largest absolute Gasteiger partial charge is 2.00 e. The molecule has 0 aliphatic rings. The second kappa shape index (κ2) is 6.11. The van der Waals surface area contributed by atoms with E-state index in [0.29, 0.717) is 5.75 Å². The van der Waals surface area contributed by atoms with Crippen molar-refractivity contribution in [1.82, 2.24) is 0 Å². The molecule has 0 saturated carbocycles. The Hall–Kier alpha value is 1.55. The summed E-state index contributed by atoms with van der Waals surface area (Å²) in [5.74, 6) is 0.549. The van der Waals surface area contributed by atoms with Gasteiger partial charge in [0.15, 0.2) is 0 Å². The van der Waals surface area contributed by atoms with Gasteiger partial charge in [0, 0.05) is 0 Å². The minimum Gasteiger partial charge on any atom is -1.00 e. The number of hydrogen-bond acceptors (Lipinski definition) is 2. The van der Waals surface area contributed by atoms with Crippen LogP contribution in [0.4, 0.5) is 0 Å². The molecule has 1 aromatic rings. The van der Waals surface area contributed by atoms with E-state index in [1.54, 1.807) is 24.3 Å². The molecule has 1 N–H and O–H groups in total. The first kappa shape index (κ1) is 13.6. The summed E-state index contributed by atoms with van der Waals surface area (Å²) in [6.45, 7) is 0. The van der Waals surface area contributed by atoms with E-state index in [4.69, 9.17) is 9.42 Å². The van der Waals surface area contributed by atoms with Crippen LogP contribution in [0, 0.1) is 0 Å². The Balaban J connectivity index is -0.000000403. The zero-order valence-electron chi connectivity index (χ0n) is 8.25. The van der Waals surface area contributed by atoms with Crippen molar-refractivity contribution < 1.29 is 12.3 Å². The van der Waals surface area contributed by atoms with Crippen molar-refractivity contribution in [3.63, 3.8) is 0 Å². The van der Waals surface area contributed by atoms with Crippen LogP contribution in [0.1, 0.15) is 2.85 Å². The summed E-state index contributed by atoms with van der Waals surface area (Å²) in [7, 11) is 0. The first-order valence-corrected chi connectivity index (χ1v) is 6.71. The molecule has 0 radical (unpaired) electrons. The van der Waals surface area contributed by atoms with Crippen molar-refractivity contribution in [3.05, 3.63) is 30.3 Å². The molecule has 0 aromatic heterocycles. The molecule has 0 fully saturated rings. The first-order chi connectivity index (χ1) is 5.08. The van der Waals surface area contributed by atoms with Crippen LogP contribution < -0.4 is 4.52 Å². The fourth-order valence-corrected chi connectivity index (χ4v) is 1.56. The topological polar surface area (TPSA) is 29.5 Å². The van der Waals surface area contributed by atoms with Gasteiger partial charge in [-0.3, -0.25) is 0 Å². The molecule has 6 heteroatoms. The third-order valence-corrected chi connectivity index (χ3v) is 1.88. The Kier molecular flexibility index (Phi) is 6.90. The van der Waals surface area contributed by atoms with Gasteiger partial charge in [-0.15, -0.1) is 0 Å². The molecule has 64 valence electrons. The van der Waals surface area contributed by atoms with Crippen molar-refractivity contribution in [2.75, 3.05) is 0 Å². The van der Waals surface area contributed by atoms with Crippen LogP contribution in [0.5, 0.6) is 5.75 Å². The van der Waals surface area contributed by atoms with Gasteiger partial charge < -0.3 is 12.3 Å². The SMILES string of the molecule is OP(=S)(S)Oc1ccccc1.[Ba+2].[H-].[H-]. The van der Waals surface area contributed by atoms with E-state index in [0.717, 1.165) is 0 Å². The molecule has 1 rings (SSSR count). The maximum Gasteiger partial charge on any atom is 2.00 e. The predicted molar refractivity (Wildman–Crippen MR) is 60.5 cm³/mol. The average molecular weight is 346 g/mol. The molecule has 1 unspecified atom stereocenters. The minimum atomic E-state index is -2.86. The minimum absolute atomic E-state index is 0. The van der Waals surface area contributed by atoms with E-state index < -0.39 is 5.69 Å². The molecular weight excluding hydrogens is 336 g/mol. The van der Waals surface area contributed by atoms with Gasteiger partial charge in [0.05, 0.1) is 0 Å². The molecule has 2 nitrogen and oxygen atoms in total. The molecular formula is C6H9BaO2PS2. The van der Waals surface area contributed by atoms with Gasteiger partial charge in [0.1, 0.15) is 5.75 Å². The van der Waals surface area contributed by atoms with Gasteiger partial charge in [-0.1, -0.05) is 30.4 Å². The molecule has 0 spiro atoms. The smallest absolute Gasteiger partial charge is 1.00 e. The monoisotopic (exact) mass is 346 g/mol. The Morgan fingerprint density at radius 2 is 1.92 bits per heavy atom. The van der Waals surface area contributed by atoms with Gasteiger partial charge in [-0.25, -0.2) is 0 Å². The predicted octanol–water partition coefficient (Wildman–Crippen LogP) is 2.06. The molecule has 0 aliphatic heterocycles. The van der Waals surface area contributed by atoms with Crippen molar-refractivity contribution in [2.45, 2.75) is 0 Å². The second-order valence-electron chi connectivity index (χ2n) is 1.89. The van der Waals surface area contributed by atoms with Crippen LogP contribution in [0.3, 0.4) is 0 Å². The molecule has 1 aromatic carbocycles. The number of thiol groups is 1. The normalized spacial score (nSPS) is 14.2. The molecule has 0 heterocycles. The third kappa shape index (κ3) is 6.07. The second-order valence-corrected chi connectivity index (χ2v) is 6.98. The van der Waals surface area contributed by atoms with Gasteiger partial charge in [-0.2, -0.15) is 0 Å². The van der Waals surface area contributed by atoms with Crippen LogP contribution in [0.25, 0.3) is 0 Å². The Bertz CT molecular complexity index is 282. The fraction of sp³-hybridized carbons (Fsp3) is 0. The van der Waals surface area contributed by atoms with Gasteiger partial charge in [0.25, 0.3) is 5.69 Å². The van der Waals surface area contributed by atoms with Crippen molar-refractivity contribution in [2.24, 2.45) is 0 Å². The van der Waals surface area contributed by atoms with Gasteiger partial charge in [-0.05, 0) is 23.9 Å². The van der Waals surface area contributed by atoms with Crippen LogP contribution in [-0.4, -0.2) is 53.8 Å². The van der Waals surface area contributed by atoms with Gasteiger partial charge in [0.2, 0.25) is 0 Å². The van der Waals surface area contributed by atoms with E-state index >= 15 is 0 Å². The van der Waals surface area contributed by atoms with Crippen LogP contribution in [0.2, 0.25) is 0 Å². The van der Waals surface area contributed by atoms with Crippen LogP contribution >= 0.6 is 17.9 Å². The first-order valence-electron chi connectivity index (χ1n) is 2.88. The summed E-state index contributed by atoms with van der Waals surface area (Å²) in [6, 6.07) is 8.88. The molecule has 0 aliphatic carbocycles. The Morgan fingerprint density at radius 3 is 2.33 bits per heavy atom. The average Bonchev–Trinajstić information content (AvgIpc) is 1.85. The van der Waals surface area contributed by atoms with E-state index in [2.05, 4.69) is 24.1 Å². The van der Waals surface area contributed by atoms with Crippen molar-refractivity contribution in [3.8, 4) is 5.75 Å². The molecule has 1 atom stereocenters. The van der Waals surface area contributed by atoms with E-state index in [1.807, 2.05) is 6.07 Å². The quantitative estimate of drug-likeness (QED) is 0.488. The Labute approximate surface area is 125 Å². The summed E-state index contributed by atoms with van der Waals surface area (Å²) in [6.07, 6.45) is 0. The maximum absolute atomic E-state index is 9.04. The fourth-order valence-electron chi connectivity index (χ4n) is 0.619. The summed E-state index contributed by atoms with van der Waals surface area (Å²) >= 11 is 8.30. The van der Waals surface area contributed by atoms with E-state index in [-0.39, 0.29) is 51.7 Å². The van der Waals surface area contributed by atoms with Crippen LogP contribution in [0.15, 0.2) is 30.3 Å². The summed E-state index contributed by atoms with van der Waals surface area (Å²) in [5, 5.41) is 0. The summed E-state index contributed by atoms with van der Waals surface area (Å²) < 4.78 is 4.95. The van der Waals surface area contributed by atoms with E-state index in [1.165, 1.54) is 0 Å². The number of benzene rings is 1. The molecule has 0 amide bonds. The number of para-hydroxylation sites is 1. The zero-order chi connectivity index (χ0) is 8.32. The summed E-state index contributed by atoms with van der Waals surface area (Å²) in [5.41, 5.74) is -2.86. The third-order valence-electron chi connectivity index (χ3n) is 0.968. The molecule has 0 saturated heterocycles. The van der Waals surface area contributed by atoms with Crippen LogP contribution in [-0.2, 0) is 11.8 Å². The van der Waals surface area contributed by atoms with E-state index in [9.17, 15) is 0 Å². The maximum atomic E-state index is 9.04. The van der Waals surface area contributed by atoms with Gasteiger partial charge >= 0.3 is 48.9 Å². The standard InChI is InChI=1S/C6H7O2PS2.Ba.2H/c7-9(10,11)8-6-4-2-1-3-5-6;;;/h1-5H,(H2,7,10,11);;;/q;+2;2*-1.